The summed E-state index contributed by atoms with van der Waals surface area (Å²) in [6, 6.07) is 0. The first kappa shape index (κ1) is 11.7. The SMILES string of the molecule is CCNS(=O)N1CCCC2=C(N)CCC=C21. The van der Waals surface area contributed by atoms with Crippen molar-refractivity contribution >= 4 is 11.2 Å². The molecule has 1 saturated heterocycles. The molecule has 1 unspecified atom stereocenters. The van der Waals surface area contributed by atoms with E-state index >= 15 is 0 Å². The lowest BCUT2D eigenvalue weighted by Gasteiger charge is -2.34. The first-order valence-corrected chi connectivity index (χ1v) is 6.95. The van der Waals surface area contributed by atoms with Crippen molar-refractivity contribution in [2.75, 3.05) is 13.1 Å². The van der Waals surface area contributed by atoms with Crippen molar-refractivity contribution in [1.29, 1.82) is 0 Å². The molecule has 0 spiro atoms. The van der Waals surface area contributed by atoms with E-state index in [1.807, 2.05) is 11.2 Å². The van der Waals surface area contributed by atoms with Crippen molar-refractivity contribution in [1.82, 2.24) is 9.03 Å². The van der Waals surface area contributed by atoms with Gasteiger partial charge in [-0.05, 0) is 31.3 Å². The number of nitrogens with two attached hydrogens (primary N) is 1. The third-order valence-electron chi connectivity index (χ3n) is 2.97. The van der Waals surface area contributed by atoms with Gasteiger partial charge < -0.3 is 5.73 Å². The molecule has 3 N–H and O–H groups in total. The molecule has 0 aromatic rings. The van der Waals surface area contributed by atoms with Gasteiger partial charge in [0.2, 0.25) is 0 Å². The molecule has 2 rings (SSSR count). The third-order valence-corrected chi connectivity index (χ3v) is 4.29. The smallest absolute Gasteiger partial charge is 0.196 e. The van der Waals surface area contributed by atoms with Crippen LogP contribution in [-0.2, 0) is 11.2 Å². The number of rotatable bonds is 3. The topological polar surface area (TPSA) is 58.4 Å². The highest BCUT2D eigenvalue weighted by Crippen LogP contribution is 2.33. The molecule has 5 heteroatoms. The quantitative estimate of drug-likeness (QED) is 0.779. The van der Waals surface area contributed by atoms with Gasteiger partial charge >= 0.3 is 0 Å². The Morgan fingerprint density at radius 1 is 1.56 bits per heavy atom. The zero-order valence-electron chi connectivity index (χ0n) is 9.66. The molecular formula is C11H19N3OS. The van der Waals surface area contributed by atoms with Crippen LogP contribution >= 0.6 is 0 Å². The highest BCUT2D eigenvalue weighted by Gasteiger charge is 2.26. The van der Waals surface area contributed by atoms with Crippen molar-refractivity contribution in [3.8, 4) is 0 Å². The Balaban J connectivity index is 2.22. The van der Waals surface area contributed by atoms with Crippen LogP contribution in [0.4, 0.5) is 0 Å². The lowest BCUT2D eigenvalue weighted by molar-refractivity contribution is 0.467. The monoisotopic (exact) mass is 241 g/mol. The Kier molecular flexibility index (Phi) is 3.66. The molecule has 1 aliphatic carbocycles. The first-order valence-electron chi connectivity index (χ1n) is 5.85. The number of piperidine rings is 1. The molecule has 16 heavy (non-hydrogen) atoms. The summed E-state index contributed by atoms with van der Waals surface area (Å²) in [5, 5.41) is 0. The maximum absolute atomic E-state index is 12.0. The highest BCUT2D eigenvalue weighted by molar-refractivity contribution is 7.80. The summed E-state index contributed by atoms with van der Waals surface area (Å²) in [5.74, 6) is 0. The summed E-state index contributed by atoms with van der Waals surface area (Å²) in [4.78, 5) is 0. The molecule has 0 bridgehead atoms. The standard InChI is InChI=1S/C11H19N3OS/c1-2-13-16(15)14-8-4-5-9-10(12)6-3-7-11(9)14/h7,13H,2-6,8,12H2,1H3. The Morgan fingerprint density at radius 3 is 3.12 bits per heavy atom. The Morgan fingerprint density at radius 2 is 2.38 bits per heavy atom. The summed E-state index contributed by atoms with van der Waals surface area (Å²) in [7, 11) is 0. The summed E-state index contributed by atoms with van der Waals surface area (Å²) >= 11 is -1.11. The van der Waals surface area contributed by atoms with E-state index in [-0.39, 0.29) is 0 Å². The molecule has 0 radical (unpaired) electrons. The van der Waals surface area contributed by atoms with Crippen LogP contribution in [-0.4, -0.2) is 21.6 Å². The summed E-state index contributed by atoms with van der Waals surface area (Å²) in [5.41, 5.74) is 9.30. The second-order valence-electron chi connectivity index (χ2n) is 4.08. The minimum Gasteiger partial charge on any atom is -0.402 e. The van der Waals surface area contributed by atoms with Gasteiger partial charge in [0.1, 0.15) is 0 Å². The molecule has 0 aromatic carbocycles. The maximum Gasteiger partial charge on any atom is 0.196 e. The van der Waals surface area contributed by atoms with Gasteiger partial charge in [-0.1, -0.05) is 13.0 Å². The third kappa shape index (κ3) is 2.15. The van der Waals surface area contributed by atoms with Crippen molar-refractivity contribution < 1.29 is 4.21 Å². The van der Waals surface area contributed by atoms with Gasteiger partial charge in [0.25, 0.3) is 0 Å². The molecule has 0 amide bonds. The van der Waals surface area contributed by atoms with Crippen LogP contribution in [0.3, 0.4) is 0 Å². The van der Waals surface area contributed by atoms with Crippen molar-refractivity contribution in [3.63, 3.8) is 0 Å². The molecule has 1 atom stereocenters. The molecule has 90 valence electrons. The van der Waals surface area contributed by atoms with Crippen LogP contribution in [0.25, 0.3) is 0 Å². The summed E-state index contributed by atoms with van der Waals surface area (Å²) in [6.07, 6.45) is 6.13. The molecule has 0 aromatic heterocycles. The molecule has 2 aliphatic rings. The molecule has 1 aliphatic heterocycles. The summed E-state index contributed by atoms with van der Waals surface area (Å²) in [6.45, 7) is 3.52. The van der Waals surface area contributed by atoms with E-state index in [0.717, 1.165) is 43.6 Å². The molecule has 1 heterocycles. The second-order valence-corrected chi connectivity index (χ2v) is 5.31. The number of hydrogen-bond donors (Lipinski definition) is 2. The van der Waals surface area contributed by atoms with Gasteiger partial charge in [-0.2, -0.15) is 0 Å². The van der Waals surface area contributed by atoms with Crippen molar-refractivity contribution in [2.45, 2.75) is 32.6 Å². The van der Waals surface area contributed by atoms with E-state index in [2.05, 4.69) is 10.8 Å². The number of fused-ring (bicyclic) bond motifs is 1. The van der Waals surface area contributed by atoms with Gasteiger partial charge in [-0.25, -0.2) is 8.93 Å². The van der Waals surface area contributed by atoms with Crippen molar-refractivity contribution in [2.24, 2.45) is 5.73 Å². The first-order chi connectivity index (χ1) is 7.74. The van der Waals surface area contributed by atoms with E-state index < -0.39 is 11.2 Å². The van der Waals surface area contributed by atoms with Gasteiger partial charge in [-0.3, -0.25) is 4.31 Å². The van der Waals surface area contributed by atoms with E-state index in [9.17, 15) is 4.21 Å². The predicted molar refractivity (Wildman–Crippen MR) is 66.3 cm³/mol. The van der Waals surface area contributed by atoms with Crippen LogP contribution in [0.15, 0.2) is 23.0 Å². The lowest BCUT2D eigenvalue weighted by atomic mass is 9.93. The normalized spacial score (nSPS) is 22.8. The predicted octanol–water partition coefficient (Wildman–Crippen LogP) is 1.16. The lowest BCUT2D eigenvalue weighted by Crippen LogP contribution is -2.39. The number of allylic oxidation sites excluding steroid dienone is 3. The number of nitrogens with one attached hydrogen (secondary N) is 1. The Bertz CT molecular complexity index is 362. The fourth-order valence-electron chi connectivity index (χ4n) is 2.24. The van der Waals surface area contributed by atoms with Crippen LogP contribution in [0, 0.1) is 0 Å². The second kappa shape index (κ2) is 5.01. The van der Waals surface area contributed by atoms with Gasteiger partial charge in [-0.15, -0.1) is 0 Å². The molecule has 1 fully saturated rings. The fourth-order valence-corrected chi connectivity index (χ4v) is 3.30. The van der Waals surface area contributed by atoms with Gasteiger partial charge in [0.05, 0.1) is 5.70 Å². The largest absolute Gasteiger partial charge is 0.402 e. The fraction of sp³-hybridized carbons (Fsp3) is 0.636. The molecule has 0 saturated carbocycles. The minimum atomic E-state index is -1.11. The van der Waals surface area contributed by atoms with Crippen LogP contribution in [0.1, 0.15) is 32.6 Å². The van der Waals surface area contributed by atoms with Gasteiger partial charge in [0, 0.05) is 18.8 Å². The highest BCUT2D eigenvalue weighted by atomic mass is 32.2. The minimum absolute atomic E-state index is 0.713. The van der Waals surface area contributed by atoms with Gasteiger partial charge in [0.15, 0.2) is 11.2 Å². The van der Waals surface area contributed by atoms with Crippen LogP contribution in [0.2, 0.25) is 0 Å². The zero-order chi connectivity index (χ0) is 11.5. The van der Waals surface area contributed by atoms with E-state index in [1.165, 1.54) is 5.57 Å². The van der Waals surface area contributed by atoms with E-state index in [4.69, 9.17) is 5.73 Å². The van der Waals surface area contributed by atoms with E-state index in [1.54, 1.807) is 0 Å². The average Bonchev–Trinajstić information content (AvgIpc) is 2.29. The summed E-state index contributed by atoms with van der Waals surface area (Å²) < 4.78 is 16.9. The molecule has 4 nitrogen and oxygen atoms in total. The average molecular weight is 241 g/mol. The Labute approximate surface area is 99.3 Å². The Hall–Kier alpha value is -0.810. The number of hydrogen-bond acceptors (Lipinski definition) is 2. The zero-order valence-corrected chi connectivity index (χ0v) is 10.5. The van der Waals surface area contributed by atoms with Crippen LogP contribution < -0.4 is 10.5 Å². The van der Waals surface area contributed by atoms with Crippen molar-refractivity contribution in [3.05, 3.63) is 23.0 Å². The number of nitrogens with zero attached hydrogens (tertiary/aromatic N) is 1. The van der Waals surface area contributed by atoms with Crippen LogP contribution in [0.5, 0.6) is 0 Å². The van der Waals surface area contributed by atoms with E-state index in [0.29, 0.717) is 6.54 Å². The molecular weight excluding hydrogens is 222 g/mol. The maximum atomic E-state index is 12.0.